The zero-order chi connectivity index (χ0) is 22.1. The fourth-order valence-corrected chi connectivity index (χ4v) is 3.30. The Morgan fingerprint density at radius 1 is 1.26 bits per heavy atom. The van der Waals surface area contributed by atoms with Gasteiger partial charge in [-0.15, -0.1) is 11.3 Å². The maximum absolute atomic E-state index is 13.0. The summed E-state index contributed by atoms with van der Waals surface area (Å²) in [6.07, 6.45) is 1.78. The molecule has 0 amide bonds. The molecule has 2 aromatic carbocycles. The lowest BCUT2D eigenvalue weighted by Crippen LogP contribution is -2.07. The number of methoxy groups -OCH3 is 1. The van der Waals surface area contributed by atoms with Crippen molar-refractivity contribution in [2.75, 3.05) is 19.1 Å². The Balaban J connectivity index is 1.60. The summed E-state index contributed by atoms with van der Waals surface area (Å²) >= 11 is 1.35. The molecule has 3 rings (SSSR count). The minimum absolute atomic E-state index is 0.131. The first kappa shape index (κ1) is 22.2. The second-order valence-corrected chi connectivity index (χ2v) is 7.17. The minimum atomic E-state index is -0.316. The Bertz CT molecular complexity index is 1040. The number of benzene rings is 2. The number of rotatable bonds is 10. The number of halogens is 1. The van der Waals surface area contributed by atoms with Crippen LogP contribution in [0.15, 0.2) is 52.9 Å². The number of nitrogens with one attached hydrogen (secondary N) is 1. The summed E-state index contributed by atoms with van der Waals surface area (Å²) in [6, 6.07) is 11.4. The van der Waals surface area contributed by atoms with Crippen LogP contribution in [-0.4, -0.2) is 30.9 Å². The molecule has 0 saturated carbocycles. The topological polar surface area (TPSA) is 82.0 Å². The Morgan fingerprint density at radius 3 is 2.81 bits per heavy atom. The number of hydrogen-bond donors (Lipinski definition) is 1. The van der Waals surface area contributed by atoms with Crippen molar-refractivity contribution < 1.29 is 23.4 Å². The van der Waals surface area contributed by atoms with Crippen LogP contribution < -0.4 is 14.9 Å². The fourth-order valence-electron chi connectivity index (χ4n) is 2.64. The highest BCUT2D eigenvalue weighted by Gasteiger charge is 2.08. The number of ether oxygens (including phenoxy) is 3. The van der Waals surface area contributed by atoms with Crippen molar-refractivity contribution in [1.82, 2.24) is 4.98 Å². The lowest BCUT2D eigenvalue weighted by atomic mass is 10.1. The maximum Gasteiger partial charge on any atom is 0.311 e. The monoisotopic (exact) mass is 443 g/mol. The Morgan fingerprint density at radius 2 is 2.06 bits per heavy atom. The molecule has 9 heteroatoms. The van der Waals surface area contributed by atoms with E-state index in [1.165, 1.54) is 23.5 Å². The maximum atomic E-state index is 13.0. The molecule has 0 aliphatic heterocycles. The molecule has 3 aromatic rings. The normalized spacial score (nSPS) is 10.8. The summed E-state index contributed by atoms with van der Waals surface area (Å²) in [4.78, 5) is 15.8. The zero-order valence-corrected chi connectivity index (χ0v) is 17.9. The van der Waals surface area contributed by atoms with E-state index < -0.39 is 0 Å². The Hall–Kier alpha value is -3.46. The predicted molar refractivity (Wildman–Crippen MR) is 117 cm³/mol. The van der Waals surface area contributed by atoms with Crippen LogP contribution in [0.5, 0.6) is 11.5 Å². The summed E-state index contributed by atoms with van der Waals surface area (Å²) in [5.41, 5.74) is 5.14. The van der Waals surface area contributed by atoms with E-state index >= 15 is 0 Å². The first-order valence-corrected chi connectivity index (χ1v) is 10.4. The predicted octanol–water partition coefficient (Wildman–Crippen LogP) is 4.42. The quantitative estimate of drug-likeness (QED) is 0.284. The SMILES string of the molecule is CCOC(=O)Cc1csc(NN=Cc2ccc(OC)c(COc3ccc(F)cc3)c2)n1. The lowest BCUT2D eigenvalue weighted by Gasteiger charge is -2.11. The van der Waals surface area contributed by atoms with Crippen molar-refractivity contribution in [1.29, 1.82) is 0 Å². The van der Waals surface area contributed by atoms with Crippen LogP contribution in [0, 0.1) is 5.82 Å². The second kappa shape index (κ2) is 11.1. The van der Waals surface area contributed by atoms with E-state index in [0.29, 0.717) is 28.9 Å². The van der Waals surface area contributed by atoms with Crippen molar-refractivity contribution >= 4 is 28.7 Å². The molecule has 0 saturated heterocycles. The van der Waals surface area contributed by atoms with Crippen molar-refractivity contribution in [2.45, 2.75) is 20.0 Å². The van der Waals surface area contributed by atoms with Gasteiger partial charge in [0.1, 0.15) is 23.9 Å². The van der Waals surface area contributed by atoms with Gasteiger partial charge in [0.15, 0.2) is 0 Å². The van der Waals surface area contributed by atoms with E-state index in [1.54, 1.807) is 37.8 Å². The van der Waals surface area contributed by atoms with Crippen LogP contribution in [0.1, 0.15) is 23.7 Å². The van der Waals surface area contributed by atoms with Gasteiger partial charge < -0.3 is 14.2 Å². The number of carbonyl (C=O) groups is 1. The molecule has 0 bridgehead atoms. The molecule has 1 N–H and O–H groups in total. The third-order valence-corrected chi connectivity index (χ3v) is 4.86. The molecule has 0 spiro atoms. The first-order chi connectivity index (χ1) is 15.1. The average Bonchev–Trinajstić information content (AvgIpc) is 3.20. The molecule has 0 radical (unpaired) electrons. The molecule has 0 fully saturated rings. The number of aromatic nitrogens is 1. The van der Waals surface area contributed by atoms with Gasteiger partial charge in [-0.25, -0.2) is 9.37 Å². The lowest BCUT2D eigenvalue weighted by molar-refractivity contribution is -0.142. The fraction of sp³-hybridized carbons (Fsp3) is 0.227. The smallest absolute Gasteiger partial charge is 0.311 e. The highest BCUT2D eigenvalue weighted by molar-refractivity contribution is 7.13. The van der Waals surface area contributed by atoms with E-state index in [0.717, 1.165) is 11.1 Å². The van der Waals surface area contributed by atoms with E-state index in [9.17, 15) is 9.18 Å². The summed E-state index contributed by atoms with van der Waals surface area (Å²) in [7, 11) is 1.59. The average molecular weight is 444 g/mol. The number of esters is 1. The Kier molecular flexibility index (Phi) is 7.94. The third kappa shape index (κ3) is 6.78. The largest absolute Gasteiger partial charge is 0.496 e. The number of thiazole rings is 1. The minimum Gasteiger partial charge on any atom is -0.496 e. The van der Waals surface area contributed by atoms with E-state index in [2.05, 4.69) is 15.5 Å². The number of hydrogen-bond acceptors (Lipinski definition) is 8. The van der Waals surface area contributed by atoms with Crippen LogP contribution in [0.2, 0.25) is 0 Å². The molecule has 0 unspecified atom stereocenters. The molecule has 162 valence electrons. The molecule has 0 aliphatic rings. The van der Waals surface area contributed by atoms with Crippen LogP contribution in [0.4, 0.5) is 9.52 Å². The van der Waals surface area contributed by atoms with Crippen LogP contribution in [0.25, 0.3) is 0 Å². The van der Waals surface area contributed by atoms with E-state index in [4.69, 9.17) is 14.2 Å². The van der Waals surface area contributed by atoms with Gasteiger partial charge in [0.25, 0.3) is 0 Å². The van der Waals surface area contributed by atoms with Gasteiger partial charge in [0.05, 0.1) is 32.0 Å². The second-order valence-electron chi connectivity index (χ2n) is 6.31. The van der Waals surface area contributed by atoms with Gasteiger partial charge >= 0.3 is 5.97 Å². The zero-order valence-electron chi connectivity index (χ0n) is 17.1. The van der Waals surface area contributed by atoms with Gasteiger partial charge in [0, 0.05) is 10.9 Å². The number of carbonyl (C=O) groups excluding carboxylic acids is 1. The van der Waals surface area contributed by atoms with Crippen LogP contribution in [-0.2, 0) is 22.6 Å². The number of nitrogens with zero attached hydrogens (tertiary/aromatic N) is 2. The summed E-state index contributed by atoms with van der Waals surface area (Å²) in [6.45, 7) is 2.37. The molecule has 1 heterocycles. The van der Waals surface area contributed by atoms with E-state index in [-0.39, 0.29) is 24.8 Å². The summed E-state index contributed by atoms with van der Waals surface area (Å²) in [5, 5.41) is 6.56. The molecular formula is C22H22FN3O4S. The molecule has 7 nitrogen and oxygen atoms in total. The van der Waals surface area contributed by atoms with Crippen LogP contribution >= 0.6 is 11.3 Å². The summed E-state index contributed by atoms with van der Waals surface area (Å²) in [5.74, 6) is 0.614. The first-order valence-electron chi connectivity index (χ1n) is 9.51. The van der Waals surface area contributed by atoms with Gasteiger partial charge in [0.2, 0.25) is 5.13 Å². The van der Waals surface area contributed by atoms with Crippen LogP contribution in [0.3, 0.4) is 0 Å². The number of hydrazone groups is 1. The van der Waals surface area contributed by atoms with Crippen molar-refractivity contribution in [2.24, 2.45) is 5.10 Å². The van der Waals surface area contributed by atoms with Gasteiger partial charge in [-0.2, -0.15) is 5.10 Å². The third-order valence-electron chi connectivity index (χ3n) is 4.07. The van der Waals surface area contributed by atoms with Crippen molar-refractivity contribution in [3.63, 3.8) is 0 Å². The van der Waals surface area contributed by atoms with Crippen molar-refractivity contribution in [3.8, 4) is 11.5 Å². The number of anilines is 1. The van der Waals surface area contributed by atoms with Crippen molar-refractivity contribution in [3.05, 3.63) is 70.5 Å². The van der Waals surface area contributed by atoms with Gasteiger partial charge in [-0.05, 0) is 55.0 Å². The molecule has 31 heavy (non-hydrogen) atoms. The molecular weight excluding hydrogens is 421 g/mol. The highest BCUT2D eigenvalue weighted by atomic mass is 32.1. The summed E-state index contributed by atoms with van der Waals surface area (Å²) < 4.78 is 29.1. The molecule has 0 atom stereocenters. The standard InChI is InChI=1S/C22H22FN3O4S/c1-3-29-21(27)11-18-14-31-22(25-18)26-24-12-15-4-9-20(28-2)16(10-15)13-30-19-7-5-17(23)6-8-19/h4-10,12,14H,3,11,13H2,1-2H3,(H,25,26). The molecule has 0 aliphatic carbocycles. The van der Waals surface area contributed by atoms with Gasteiger partial charge in [-0.3, -0.25) is 10.2 Å². The van der Waals surface area contributed by atoms with E-state index in [1.807, 2.05) is 18.2 Å². The van der Waals surface area contributed by atoms with Gasteiger partial charge in [-0.1, -0.05) is 0 Å². The Labute approximate surface area is 183 Å². The highest BCUT2D eigenvalue weighted by Crippen LogP contribution is 2.22. The molecule has 1 aromatic heterocycles.